The lowest BCUT2D eigenvalue weighted by molar-refractivity contribution is 0.550. The molecule has 90 valence electrons. The van der Waals surface area contributed by atoms with Crippen molar-refractivity contribution in [1.82, 2.24) is 9.97 Å². The standard InChI is InChI=1S/C13H18N4/c1-11-9-12(10-14)16-13(15-11)17-7-5-3-2-4-6-8-17/h9H,2-8H2,1H3. The second-order valence-corrected chi connectivity index (χ2v) is 4.56. The van der Waals surface area contributed by atoms with Crippen molar-refractivity contribution in [2.75, 3.05) is 18.0 Å². The summed E-state index contributed by atoms with van der Waals surface area (Å²) in [5.41, 5.74) is 1.34. The molecule has 0 spiro atoms. The maximum Gasteiger partial charge on any atom is 0.226 e. The average molecular weight is 230 g/mol. The summed E-state index contributed by atoms with van der Waals surface area (Å²) in [5.74, 6) is 0.725. The minimum Gasteiger partial charge on any atom is -0.341 e. The second-order valence-electron chi connectivity index (χ2n) is 4.56. The van der Waals surface area contributed by atoms with Crippen molar-refractivity contribution in [3.05, 3.63) is 17.5 Å². The zero-order valence-corrected chi connectivity index (χ0v) is 10.3. The first kappa shape index (κ1) is 11.8. The number of hydrogen-bond donors (Lipinski definition) is 0. The normalized spacial score (nSPS) is 17.1. The molecule has 0 unspecified atom stereocenters. The Bertz CT molecular complexity index is 414. The SMILES string of the molecule is Cc1cc(C#N)nc(N2CCCCCCC2)n1. The summed E-state index contributed by atoms with van der Waals surface area (Å²) in [6, 6.07) is 3.83. The van der Waals surface area contributed by atoms with Gasteiger partial charge in [-0.3, -0.25) is 0 Å². The van der Waals surface area contributed by atoms with Gasteiger partial charge in [-0.2, -0.15) is 5.26 Å². The molecule has 0 aromatic carbocycles. The molecule has 0 saturated carbocycles. The number of nitriles is 1. The third kappa shape index (κ3) is 3.16. The molecule has 1 aliphatic heterocycles. The van der Waals surface area contributed by atoms with E-state index in [0.717, 1.165) is 24.7 Å². The first-order valence-electron chi connectivity index (χ1n) is 6.30. The first-order chi connectivity index (χ1) is 8.29. The van der Waals surface area contributed by atoms with Gasteiger partial charge in [-0.1, -0.05) is 19.3 Å². The number of aryl methyl sites for hydroxylation is 1. The lowest BCUT2D eigenvalue weighted by Crippen LogP contribution is -2.29. The highest BCUT2D eigenvalue weighted by molar-refractivity contribution is 5.35. The molecule has 0 bridgehead atoms. The lowest BCUT2D eigenvalue weighted by atomic mass is 10.1. The Hall–Kier alpha value is -1.63. The van der Waals surface area contributed by atoms with E-state index in [4.69, 9.17) is 5.26 Å². The van der Waals surface area contributed by atoms with Crippen molar-refractivity contribution < 1.29 is 0 Å². The first-order valence-corrected chi connectivity index (χ1v) is 6.30. The van der Waals surface area contributed by atoms with Crippen LogP contribution < -0.4 is 4.90 Å². The van der Waals surface area contributed by atoms with Gasteiger partial charge >= 0.3 is 0 Å². The van der Waals surface area contributed by atoms with E-state index in [1.807, 2.05) is 6.92 Å². The molecule has 0 radical (unpaired) electrons. The monoisotopic (exact) mass is 230 g/mol. The molecule has 17 heavy (non-hydrogen) atoms. The van der Waals surface area contributed by atoms with E-state index in [1.165, 1.54) is 32.1 Å². The highest BCUT2D eigenvalue weighted by Gasteiger charge is 2.12. The van der Waals surface area contributed by atoms with E-state index >= 15 is 0 Å². The van der Waals surface area contributed by atoms with Crippen LogP contribution in [0.4, 0.5) is 5.95 Å². The van der Waals surface area contributed by atoms with Crippen LogP contribution in [-0.4, -0.2) is 23.1 Å². The number of nitrogens with zero attached hydrogens (tertiary/aromatic N) is 4. The Balaban J connectivity index is 2.19. The van der Waals surface area contributed by atoms with Crippen molar-refractivity contribution in [3.8, 4) is 6.07 Å². The van der Waals surface area contributed by atoms with Crippen LogP contribution in [-0.2, 0) is 0 Å². The number of hydrogen-bond acceptors (Lipinski definition) is 4. The van der Waals surface area contributed by atoms with Crippen LogP contribution in [0, 0.1) is 18.3 Å². The summed E-state index contributed by atoms with van der Waals surface area (Å²) >= 11 is 0. The van der Waals surface area contributed by atoms with Crippen LogP contribution in [0.1, 0.15) is 43.5 Å². The van der Waals surface area contributed by atoms with Gasteiger partial charge in [0, 0.05) is 18.8 Å². The third-order valence-electron chi connectivity index (χ3n) is 3.10. The summed E-state index contributed by atoms with van der Waals surface area (Å²) in [4.78, 5) is 11.0. The Labute approximate surface area is 102 Å². The molecular weight excluding hydrogens is 212 g/mol. The maximum absolute atomic E-state index is 8.93. The van der Waals surface area contributed by atoms with Gasteiger partial charge in [-0.25, -0.2) is 9.97 Å². The number of aromatic nitrogens is 2. The van der Waals surface area contributed by atoms with E-state index in [0.29, 0.717) is 5.69 Å². The fourth-order valence-electron chi connectivity index (χ4n) is 2.20. The summed E-state index contributed by atoms with van der Waals surface area (Å²) in [6.07, 6.45) is 6.30. The van der Waals surface area contributed by atoms with Gasteiger partial charge in [0.2, 0.25) is 5.95 Å². The third-order valence-corrected chi connectivity index (χ3v) is 3.10. The molecule has 1 fully saturated rings. The molecule has 4 nitrogen and oxygen atoms in total. The van der Waals surface area contributed by atoms with Crippen LogP contribution in [0.5, 0.6) is 0 Å². The molecule has 0 aliphatic carbocycles. The molecule has 2 rings (SSSR count). The van der Waals surface area contributed by atoms with Crippen molar-refractivity contribution >= 4 is 5.95 Å². The Kier molecular flexibility index (Phi) is 3.92. The molecule has 0 amide bonds. The summed E-state index contributed by atoms with van der Waals surface area (Å²) < 4.78 is 0. The molecule has 0 atom stereocenters. The Morgan fingerprint density at radius 1 is 1.12 bits per heavy atom. The molecule has 1 aliphatic rings. The molecule has 2 heterocycles. The topological polar surface area (TPSA) is 52.8 Å². The van der Waals surface area contributed by atoms with E-state index in [1.54, 1.807) is 6.07 Å². The molecule has 0 N–H and O–H groups in total. The van der Waals surface area contributed by atoms with Gasteiger partial charge in [0.25, 0.3) is 0 Å². The Morgan fingerprint density at radius 3 is 2.41 bits per heavy atom. The van der Waals surface area contributed by atoms with E-state index in [9.17, 15) is 0 Å². The zero-order valence-electron chi connectivity index (χ0n) is 10.3. The number of rotatable bonds is 1. The van der Waals surface area contributed by atoms with Crippen molar-refractivity contribution in [2.45, 2.75) is 39.0 Å². The predicted octanol–water partition coefficient (Wildman–Crippen LogP) is 2.43. The molecule has 4 heteroatoms. The fourth-order valence-corrected chi connectivity index (χ4v) is 2.20. The quantitative estimate of drug-likeness (QED) is 0.743. The van der Waals surface area contributed by atoms with E-state index in [2.05, 4.69) is 20.9 Å². The van der Waals surface area contributed by atoms with E-state index in [-0.39, 0.29) is 0 Å². The summed E-state index contributed by atoms with van der Waals surface area (Å²) in [7, 11) is 0. The summed E-state index contributed by atoms with van der Waals surface area (Å²) in [6.45, 7) is 3.93. The molecule has 1 aromatic rings. The average Bonchev–Trinajstić information content (AvgIpc) is 2.27. The molecular formula is C13H18N4. The van der Waals surface area contributed by atoms with Gasteiger partial charge in [0.05, 0.1) is 0 Å². The van der Waals surface area contributed by atoms with Crippen LogP contribution >= 0.6 is 0 Å². The van der Waals surface area contributed by atoms with Crippen LogP contribution in [0.25, 0.3) is 0 Å². The van der Waals surface area contributed by atoms with Crippen molar-refractivity contribution in [1.29, 1.82) is 5.26 Å². The second kappa shape index (κ2) is 5.62. The van der Waals surface area contributed by atoms with Crippen LogP contribution in [0.3, 0.4) is 0 Å². The lowest BCUT2D eigenvalue weighted by Gasteiger charge is -2.24. The summed E-state index contributed by atoms with van der Waals surface area (Å²) in [5, 5.41) is 8.93. The highest BCUT2D eigenvalue weighted by atomic mass is 15.2. The Morgan fingerprint density at radius 2 is 1.76 bits per heavy atom. The van der Waals surface area contributed by atoms with Gasteiger partial charge in [-0.05, 0) is 25.8 Å². The van der Waals surface area contributed by atoms with Gasteiger partial charge < -0.3 is 4.90 Å². The smallest absolute Gasteiger partial charge is 0.226 e. The molecule has 1 saturated heterocycles. The van der Waals surface area contributed by atoms with Crippen LogP contribution in [0.2, 0.25) is 0 Å². The van der Waals surface area contributed by atoms with Crippen molar-refractivity contribution in [3.63, 3.8) is 0 Å². The zero-order chi connectivity index (χ0) is 12.1. The minimum absolute atomic E-state index is 0.467. The van der Waals surface area contributed by atoms with Gasteiger partial charge in [0.15, 0.2) is 0 Å². The van der Waals surface area contributed by atoms with E-state index < -0.39 is 0 Å². The largest absolute Gasteiger partial charge is 0.341 e. The van der Waals surface area contributed by atoms with Gasteiger partial charge in [-0.15, -0.1) is 0 Å². The highest BCUT2D eigenvalue weighted by Crippen LogP contribution is 2.16. The number of anilines is 1. The van der Waals surface area contributed by atoms with Crippen molar-refractivity contribution in [2.24, 2.45) is 0 Å². The van der Waals surface area contributed by atoms with Crippen LogP contribution in [0.15, 0.2) is 6.07 Å². The maximum atomic E-state index is 8.93. The fraction of sp³-hybridized carbons (Fsp3) is 0.615. The minimum atomic E-state index is 0.467. The van der Waals surface area contributed by atoms with Gasteiger partial charge in [0.1, 0.15) is 11.8 Å². The predicted molar refractivity (Wildman–Crippen MR) is 66.8 cm³/mol. The molecule has 1 aromatic heterocycles.